The fourth-order valence-electron chi connectivity index (χ4n) is 3.04. The molecule has 0 aliphatic carbocycles. The molecule has 0 radical (unpaired) electrons. The summed E-state index contributed by atoms with van der Waals surface area (Å²) in [5.41, 5.74) is 2.93. The van der Waals surface area contributed by atoms with E-state index in [0.717, 1.165) is 5.69 Å². The molecule has 2 aromatic carbocycles. The molecule has 0 atom stereocenters. The average Bonchev–Trinajstić information content (AvgIpc) is 2.69. The van der Waals surface area contributed by atoms with E-state index in [0.29, 0.717) is 41.9 Å². The van der Waals surface area contributed by atoms with Crippen LogP contribution in [-0.2, 0) is 0 Å². The molecule has 8 nitrogen and oxygen atoms in total. The lowest BCUT2D eigenvalue weighted by atomic mass is 10.1. The maximum Gasteiger partial charge on any atom is 0.340 e. The molecular weight excluding hydrogens is 395 g/mol. The number of amides is 1. The van der Waals surface area contributed by atoms with Crippen LogP contribution in [0.1, 0.15) is 10.4 Å². The van der Waals surface area contributed by atoms with E-state index in [-0.39, 0.29) is 16.2 Å². The summed E-state index contributed by atoms with van der Waals surface area (Å²) in [6, 6.07) is 9.70. The molecule has 0 bridgehead atoms. The van der Waals surface area contributed by atoms with E-state index >= 15 is 0 Å². The SMILES string of the molecule is O=C(NO)c1ccc(N2CCN(c3ccc(Cl)c(Cl)c3)CC2)c([N+](=O)O)c1. The van der Waals surface area contributed by atoms with E-state index < -0.39 is 5.91 Å². The summed E-state index contributed by atoms with van der Waals surface area (Å²) in [4.78, 5) is 26.9. The normalized spacial score (nSPS) is 14.2. The predicted molar refractivity (Wildman–Crippen MR) is 102 cm³/mol. The first-order valence-corrected chi connectivity index (χ1v) is 8.86. The van der Waals surface area contributed by atoms with Gasteiger partial charge in [0.25, 0.3) is 10.8 Å². The standard InChI is InChI=1S/C17H16Cl2N4O4/c18-13-3-2-12(10-14(13)19)21-5-7-22(8-6-21)15-4-1-11(17(24)20-25)9-16(15)23(26)27/h1-4,9-10H,5-8H2,(H2-,20,24,25,26,27)/p+1. The van der Waals surface area contributed by atoms with Crippen molar-refractivity contribution in [3.8, 4) is 0 Å². The van der Waals surface area contributed by atoms with E-state index in [9.17, 15) is 14.9 Å². The molecular formula is C17H17Cl2N4O4+. The molecule has 3 rings (SSSR count). The topological polar surface area (TPSA) is 96.1 Å². The van der Waals surface area contributed by atoms with E-state index in [4.69, 9.17) is 28.4 Å². The summed E-state index contributed by atoms with van der Waals surface area (Å²) < 4.78 is 0. The van der Waals surface area contributed by atoms with Crippen molar-refractivity contribution in [3.05, 3.63) is 56.9 Å². The highest BCUT2D eigenvalue weighted by molar-refractivity contribution is 6.42. The summed E-state index contributed by atoms with van der Waals surface area (Å²) >= 11 is 12.0. The second-order valence-electron chi connectivity index (χ2n) is 5.99. The van der Waals surface area contributed by atoms with Crippen molar-refractivity contribution in [1.82, 2.24) is 5.48 Å². The zero-order chi connectivity index (χ0) is 19.6. The number of carbonyl (C=O) groups is 1. The first-order chi connectivity index (χ1) is 12.9. The van der Waals surface area contributed by atoms with Crippen LogP contribution in [0.3, 0.4) is 0 Å². The first kappa shape index (κ1) is 19.2. The fraction of sp³-hybridized carbons (Fsp3) is 0.235. The van der Waals surface area contributed by atoms with Gasteiger partial charge < -0.3 is 9.80 Å². The van der Waals surface area contributed by atoms with Gasteiger partial charge in [0.15, 0.2) is 0 Å². The molecule has 1 fully saturated rings. The van der Waals surface area contributed by atoms with E-state index in [1.54, 1.807) is 18.2 Å². The number of benzene rings is 2. The van der Waals surface area contributed by atoms with Gasteiger partial charge >= 0.3 is 5.69 Å². The number of halogens is 2. The Labute approximate surface area is 165 Å². The Morgan fingerprint density at radius 1 is 1.00 bits per heavy atom. The van der Waals surface area contributed by atoms with Crippen LogP contribution in [0.4, 0.5) is 17.1 Å². The van der Waals surface area contributed by atoms with Gasteiger partial charge in [0.1, 0.15) is 5.69 Å². The summed E-state index contributed by atoms with van der Waals surface area (Å²) in [5, 5.41) is 19.1. The maximum atomic E-state index is 11.5. The van der Waals surface area contributed by atoms with Crippen molar-refractivity contribution in [2.75, 3.05) is 36.0 Å². The van der Waals surface area contributed by atoms with E-state index in [1.807, 2.05) is 11.0 Å². The number of anilines is 2. The van der Waals surface area contributed by atoms with Crippen molar-refractivity contribution in [2.24, 2.45) is 0 Å². The molecule has 27 heavy (non-hydrogen) atoms. The third kappa shape index (κ3) is 4.08. The Balaban J connectivity index is 1.78. The largest absolute Gasteiger partial charge is 0.368 e. The molecule has 0 unspecified atom stereocenters. The van der Waals surface area contributed by atoms with Crippen molar-refractivity contribution in [3.63, 3.8) is 0 Å². The van der Waals surface area contributed by atoms with Gasteiger partial charge in [-0.15, -0.1) is 0 Å². The molecule has 1 aliphatic heterocycles. The van der Waals surface area contributed by atoms with Gasteiger partial charge in [0, 0.05) is 43.5 Å². The Kier molecular flexibility index (Phi) is 5.69. The molecule has 0 saturated carbocycles. The molecule has 0 aromatic heterocycles. The molecule has 3 N–H and O–H groups in total. The van der Waals surface area contributed by atoms with Gasteiger partial charge in [-0.05, 0) is 30.3 Å². The molecule has 142 valence electrons. The summed E-state index contributed by atoms with van der Waals surface area (Å²) in [5.74, 6) is -0.769. The lowest BCUT2D eigenvalue weighted by molar-refractivity contribution is -0.729. The van der Waals surface area contributed by atoms with Crippen LogP contribution < -0.4 is 15.3 Å². The van der Waals surface area contributed by atoms with Crippen LogP contribution in [0, 0.1) is 4.91 Å². The van der Waals surface area contributed by atoms with Crippen LogP contribution in [0.25, 0.3) is 0 Å². The molecule has 1 aliphatic rings. The van der Waals surface area contributed by atoms with Gasteiger partial charge in [0.2, 0.25) is 0 Å². The fourth-order valence-corrected chi connectivity index (χ4v) is 3.33. The minimum atomic E-state index is -0.769. The van der Waals surface area contributed by atoms with Gasteiger partial charge in [-0.25, -0.2) is 10.7 Å². The molecule has 1 saturated heterocycles. The number of piperazine rings is 1. The van der Waals surface area contributed by atoms with Crippen LogP contribution >= 0.6 is 23.2 Å². The van der Waals surface area contributed by atoms with Crippen molar-refractivity contribution in [2.45, 2.75) is 0 Å². The zero-order valence-corrected chi connectivity index (χ0v) is 15.6. The van der Waals surface area contributed by atoms with Crippen LogP contribution in [0.2, 0.25) is 10.0 Å². The second-order valence-corrected chi connectivity index (χ2v) is 6.80. The summed E-state index contributed by atoms with van der Waals surface area (Å²) in [6.45, 7) is 2.51. The molecule has 1 amide bonds. The quantitative estimate of drug-likeness (QED) is 0.527. The molecule has 0 spiro atoms. The number of hydrogen-bond donors (Lipinski definition) is 3. The van der Waals surface area contributed by atoms with Gasteiger partial charge in [-0.2, -0.15) is 0 Å². The lowest BCUT2D eigenvalue weighted by Gasteiger charge is -2.37. The second kappa shape index (κ2) is 7.99. The highest BCUT2D eigenvalue weighted by Gasteiger charge is 2.28. The summed E-state index contributed by atoms with van der Waals surface area (Å²) in [7, 11) is 0. The number of hydrogen-bond acceptors (Lipinski definition) is 5. The van der Waals surface area contributed by atoms with Crippen LogP contribution in [0.5, 0.6) is 0 Å². The first-order valence-electron chi connectivity index (χ1n) is 8.10. The lowest BCUT2D eigenvalue weighted by Crippen LogP contribution is -2.46. The smallest absolute Gasteiger partial charge is 0.340 e. The number of nitrogens with zero attached hydrogens (tertiary/aromatic N) is 3. The van der Waals surface area contributed by atoms with E-state index in [2.05, 4.69) is 4.90 Å². The Hall–Kier alpha value is -2.55. The zero-order valence-electron chi connectivity index (χ0n) is 14.1. The monoisotopic (exact) mass is 411 g/mol. The van der Waals surface area contributed by atoms with Crippen molar-refractivity contribution in [1.29, 1.82) is 0 Å². The number of hydroxylamine groups is 1. The van der Waals surface area contributed by atoms with Crippen LogP contribution in [0.15, 0.2) is 36.4 Å². The molecule has 10 heteroatoms. The third-order valence-corrected chi connectivity index (χ3v) is 5.17. The number of rotatable bonds is 4. The minimum absolute atomic E-state index is 0.0561. The highest BCUT2D eigenvalue weighted by Crippen LogP contribution is 2.32. The summed E-state index contributed by atoms with van der Waals surface area (Å²) in [6.07, 6.45) is 0. The maximum absolute atomic E-state index is 11.5. The predicted octanol–water partition coefficient (Wildman–Crippen LogP) is 3.24. The third-order valence-electron chi connectivity index (χ3n) is 4.43. The van der Waals surface area contributed by atoms with Crippen molar-refractivity contribution >= 4 is 46.2 Å². The Bertz CT molecular complexity index is 885. The minimum Gasteiger partial charge on any atom is -0.368 e. The van der Waals surface area contributed by atoms with Crippen molar-refractivity contribution < 1.29 is 20.1 Å². The number of nitrogens with one attached hydrogen (secondary N) is 1. The molecule has 1 heterocycles. The van der Waals surface area contributed by atoms with Gasteiger partial charge in [0.05, 0.1) is 15.0 Å². The molecule has 2 aromatic rings. The number of carbonyl (C=O) groups excluding carboxylic acids is 1. The Morgan fingerprint density at radius 2 is 1.67 bits per heavy atom. The average molecular weight is 412 g/mol. The van der Waals surface area contributed by atoms with Gasteiger partial charge in [-0.3, -0.25) is 10.0 Å². The highest BCUT2D eigenvalue weighted by atomic mass is 35.5. The van der Waals surface area contributed by atoms with E-state index in [1.165, 1.54) is 17.6 Å². The van der Waals surface area contributed by atoms with Gasteiger partial charge in [-0.1, -0.05) is 23.2 Å². The van der Waals surface area contributed by atoms with Crippen LogP contribution in [-0.4, -0.2) is 47.4 Å². The Morgan fingerprint density at radius 3 is 2.26 bits per heavy atom.